The summed E-state index contributed by atoms with van der Waals surface area (Å²) in [6, 6.07) is 4.40. The summed E-state index contributed by atoms with van der Waals surface area (Å²) in [6.45, 7) is 0.293. The zero-order chi connectivity index (χ0) is 13.8. The van der Waals surface area contributed by atoms with Gasteiger partial charge in [-0.1, -0.05) is 0 Å². The Kier molecular flexibility index (Phi) is 4.66. The molecule has 0 bridgehead atoms. The molecule has 0 radical (unpaired) electrons. The average Bonchev–Trinajstić information content (AvgIpc) is 2.87. The number of amides is 1. The zero-order valence-electron chi connectivity index (χ0n) is 10.9. The van der Waals surface area contributed by atoms with E-state index in [9.17, 15) is 9.18 Å². The molecule has 1 aliphatic heterocycles. The first-order valence-electron chi connectivity index (χ1n) is 6.19. The maximum atomic E-state index is 13.1. The van der Waals surface area contributed by atoms with Gasteiger partial charge < -0.3 is 11.1 Å². The SMILES string of the molecule is CN(CC(=O)Nc1cc(F)ccc1N)C1CCSC1. The topological polar surface area (TPSA) is 58.4 Å². The highest BCUT2D eigenvalue weighted by atomic mass is 32.2. The monoisotopic (exact) mass is 283 g/mol. The molecule has 1 aliphatic rings. The van der Waals surface area contributed by atoms with Crippen LogP contribution in [0.1, 0.15) is 6.42 Å². The third kappa shape index (κ3) is 3.84. The van der Waals surface area contributed by atoms with Crippen LogP contribution < -0.4 is 11.1 Å². The van der Waals surface area contributed by atoms with E-state index in [4.69, 9.17) is 5.73 Å². The first-order chi connectivity index (χ1) is 9.06. The molecule has 1 amide bonds. The van der Waals surface area contributed by atoms with Crippen molar-refractivity contribution in [1.82, 2.24) is 4.90 Å². The molecule has 19 heavy (non-hydrogen) atoms. The molecule has 1 heterocycles. The average molecular weight is 283 g/mol. The molecule has 2 rings (SSSR count). The Morgan fingerprint density at radius 2 is 2.42 bits per heavy atom. The summed E-state index contributed by atoms with van der Waals surface area (Å²) in [6.07, 6.45) is 1.11. The van der Waals surface area contributed by atoms with Gasteiger partial charge >= 0.3 is 0 Å². The molecule has 104 valence electrons. The highest BCUT2D eigenvalue weighted by molar-refractivity contribution is 7.99. The fourth-order valence-corrected chi connectivity index (χ4v) is 3.35. The Morgan fingerprint density at radius 3 is 3.11 bits per heavy atom. The predicted octanol–water partition coefficient (Wildman–Crippen LogP) is 1.78. The number of nitrogens with zero attached hydrogens (tertiary/aromatic N) is 1. The second kappa shape index (κ2) is 6.25. The van der Waals surface area contributed by atoms with Crippen molar-refractivity contribution in [3.05, 3.63) is 24.0 Å². The molecule has 0 aliphatic carbocycles. The Morgan fingerprint density at radius 1 is 1.63 bits per heavy atom. The fraction of sp³-hybridized carbons (Fsp3) is 0.462. The lowest BCUT2D eigenvalue weighted by Gasteiger charge is -2.22. The van der Waals surface area contributed by atoms with Gasteiger partial charge in [0.25, 0.3) is 0 Å². The number of hydrogen-bond donors (Lipinski definition) is 2. The molecule has 0 aromatic heterocycles. The van der Waals surface area contributed by atoms with Crippen molar-refractivity contribution >= 4 is 29.0 Å². The quantitative estimate of drug-likeness (QED) is 0.827. The predicted molar refractivity (Wildman–Crippen MR) is 77.8 cm³/mol. The minimum Gasteiger partial charge on any atom is -0.397 e. The largest absolute Gasteiger partial charge is 0.397 e. The normalized spacial score (nSPS) is 18.8. The van der Waals surface area contributed by atoms with Crippen molar-refractivity contribution in [1.29, 1.82) is 0 Å². The number of rotatable bonds is 4. The molecular weight excluding hydrogens is 265 g/mol. The Hall–Kier alpha value is -1.27. The highest BCUT2D eigenvalue weighted by Crippen LogP contribution is 2.22. The molecular formula is C13H18FN3OS. The van der Waals surface area contributed by atoms with E-state index >= 15 is 0 Å². The van der Waals surface area contributed by atoms with E-state index in [1.807, 2.05) is 23.7 Å². The van der Waals surface area contributed by atoms with Crippen molar-refractivity contribution in [3.63, 3.8) is 0 Å². The van der Waals surface area contributed by atoms with Gasteiger partial charge in [0.05, 0.1) is 17.9 Å². The Labute approximate surface area is 116 Å². The van der Waals surface area contributed by atoms with E-state index in [0.717, 1.165) is 17.9 Å². The lowest BCUT2D eigenvalue weighted by molar-refractivity contribution is -0.117. The number of likely N-dealkylation sites (N-methyl/N-ethyl adjacent to an activating group) is 1. The van der Waals surface area contributed by atoms with Crippen LogP contribution in [0.25, 0.3) is 0 Å². The lowest BCUT2D eigenvalue weighted by Crippen LogP contribution is -2.38. The highest BCUT2D eigenvalue weighted by Gasteiger charge is 2.21. The third-order valence-corrected chi connectivity index (χ3v) is 4.36. The maximum absolute atomic E-state index is 13.1. The maximum Gasteiger partial charge on any atom is 0.238 e. The van der Waals surface area contributed by atoms with E-state index in [0.29, 0.717) is 24.0 Å². The molecule has 1 atom stereocenters. The zero-order valence-corrected chi connectivity index (χ0v) is 11.7. The lowest BCUT2D eigenvalue weighted by atomic mass is 10.2. The molecule has 0 saturated carbocycles. The molecule has 1 unspecified atom stereocenters. The van der Waals surface area contributed by atoms with E-state index in [-0.39, 0.29) is 5.91 Å². The van der Waals surface area contributed by atoms with Crippen LogP contribution in [0, 0.1) is 5.82 Å². The van der Waals surface area contributed by atoms with Crippen molar-refractivity contribution in [3.8, 4) is 0 Å². The second-order valence-corrected chi connectivity index (χ2v) is 5.86. The number of nitrogen functional groups attached to an aromatic ring is 1. The summed E-state index contributed by atoms with van der Waals surface area (Å²) in [5, 5.41) is 2.65. The molecule has 1 aromatic rings. The summed E-state index contributed by atoms with van der Waals surface area (Å²) in [5.41, 5.74) is 6.39. The van der Waals surface area contributed by atoms with Gasteiger partial charge in [0.2, 0.25) is 5.91 Å². The number of hydrogen-bond acceptors (Lipinski definition) is 4. The van der Waals surface area contributed by atoms with Crippen LogP contribution in [-0.2, 0) is 4.79 Å². The summed E-state index contributed by atoms with van der Waals surface area (Å²) >= 11 is 1.90. The molecule has 4 nitrogen and oxygen atoms in total. The summed E-state index contributed by atoms with van der Waals surface area (Å²) in [7, 11) is 1.94. The van der Waals surface area contributed by atoms with Gasteiger partial charge in [-0.3, -0.25) is 9.69 Å². The second-order valence-electron chi connectivity index (χ2n) is 4.71. The van der Waals surface area contributed by atoms with Gasteiger partial charge in [0.15, 0.2) is 0 Å². The minimum absolute atomic E-state index is 0.170. The summed E-state index contributed by atoms with van der Waals surface area (Å²) in [4.78, 5) is 13.9. The Balaban J connectivity index is 1.91. The number of carbonyl (C=O) groups excluding carboxylic acids is 1. The number of nitrogens with two attached hydrogens (primary N) is 1. The summed E-state index contributed by atoms with van der Waals surface area (Å²) in [5.74, 6) is 1.63. The fourth-order valence-electron chi connectivity index (χ4n) is 2.05. The van der Waals surface area contributed by atoms with Crippen molar-refractivity contribution in [2.45, 2.75) is 12.5 Å². The molecule has 3 N–H and O–H groups in total. The van der Waals surface area contributed by atoms with E-state index in [1.54, 1.807) is 0 Å². The van der Waals surface area contributed by atoms with Crippen LogP contribution >= 0.6 is 11.8 Å². The van der Waals surface area contributed by atoms with Gasteiger partial charge in [0, 0.05) is 11.8 Å². The van der Waals surface area contributed by atoms with Gasteiger partial charge in [-0.15, -0.1) is 0 Å². The van der Waals surface area contributed by atoms with Gasteiger partial charge in [-0.2, -0.15) is 11.8 Å². The van der Waals surface area contributed by atoms with Crippen LogP contribution in [0.5, 0.6) is 0 Å². The van der Waals surface area contributed by atoms with Crippen LogP contribution in [0.4, 0.5) is 15.8 Å². The van der Waals surface area contributed by atoms with Crippen LogP contribution in [-0.4, -0.2) is 41.9 Å². The van der Waals surface area contributed by atoms with Crippen LogP contribution in [0.2, 0.25) is 0 Å². The summed E-state index contributed by atoms with van der Waals surface area (Å²) < 4.78 is 13.1. The van der Waals surface area contributed by atoms with Crippen molar-refractivity contribution in [2.24, 2.45) is 0 Å². The van der Waals surface area contributed by atoms with Crippen molar-refractivity contribution in [2.75, 3.05) is 36.1 Å². The Bertz CT molecular complexity index is 463. The van der Waals surface area contributed by atoms with Crippen LogP contribution in [0.15, 0.2) is 18.2 Å². The number of carbonyl (C=O) groups is 1. The number of nitrogens with one attached hydrogen (secondary N) is 1. The standard InChI is InChI=1S/C13H18FN3OS/c1-17(10-4-5-19-8-10)7-13(18)16-12-6-9(14)2-3-11(12)15/h2-3,6,10H,4-5,7-8,15H2,1H3,(H,16,18). The third-order valence-electron chi connectivity index (χ3n) is 3.21. The van der Waals surface area contributed by atoms with Gasteiger partial charge in [0.1, 0.15) is 5.82 Å². The minimum atomic E-state index is -0.412. The molecule has 1 saturated heterocycles. The smallest absolute Gasteiger partial charge is 0.238 e. The van der Waals surface area contributed by atoms with Gasteiger partial charge in [-0.25, -0.2) is 4.39 Å². The molecule has 0 spiro atoms. The number of halogens is 1. The van der Waals surface area contributed by atoms with E-state index in [2.05, 4.69) is 5.32 Å². The number of anilines is 2. The molecule has 6 heteroatoms. The van der Waals surface area contributed by atoms with E-state index in [1.165, 1.54) is 18.2 Å². The van der Waals surface area contributed by atoms with Crippen LogP contribution in [0.3, 0.4) is 0 Å². The van der Waals surface area contributed by atoms with Gasteiger partial charge in [-0.05, 0) is 37.4 Å². The first-order valence-corrected chi connectivity index (χ1v) is 7.34. The number of thioether (sulfide) groups is 1. The molecule has 1 aromatic carbocycles. The van der Waals surface area contributed by atoms with E-state index < -0.39 is 5.82 Å². The number of benzene rings is 1. The first kappa shape index (κ1) is 14.1. The molecule has 1 fully saturated rings. The van der Waals surface area contributed by atoms with Crippen molar-refractivity contribution < 1.29 is 9.18 Å².